The van der Waals surface area contributed by atoms with Gasteiger partial charge in [-0.3, -0.25) is 0 Å². The zero-order valence-corrected chi connectivity index (χ0v) is 12.7. The van der Waals surface area contributed by atoms with Crippen molar-refractivity contribution in [1.82, 2.24) is 20.0 Å². The fourth-order valence-electron chi connectivity index (χ4n) is 2.96. The van der Waals surface area contributed by atoms with Crippen LogP contribution >= 0.6 is 0 Å². The Morgan fingerprint density at radius 1 is 1.29 bits per heavy atom. The molecule has 1 aliphatic heterocycles. The van der Waals surface area contributed by atoms with Crippen molar-refractivity contribution in [2.75, 3.05) is 26.2 Å². The van der Waals surface area contributed by atoms with E-state index in [-0.39, 0.29) is 0 Å². The highest BCUT2D eigenvalue weighted by molar-refractivity contribution is 5.30. The van der Waals surface area contributed by atoms with Crippen LogP contribution in [0.3, 0.4) is 0 Å². The minimum Gasteiger partial charge on any atom is -0.312 e. The summed E-state index contributed by atoms with van der Waals surface area (Å²) in [6.07, 6.45) is 5.38. The van der Waals surface area contributed by atoms with Crippen LogP contribution in [0.5, 0.6) is 0 Å². The highest BCUT2D eigenvalue weighted by atomic mass is 15.3. The molecule has 0 saturated carbocycles. The predicted molar refractivity (Wildman–Crippen MR) is 85.5 cm³/mol. The predicted octanol–water partition coefficient (Wildman–Crippen LogP) is 2.30. The van der Waals surface area contributed by atoms with E-state index in [1.54, 1.807) is 0 Å². The third-order valence-corrected chi connectivity index (χ3v) is 4.24. The van der Waals surface area contributed by atoms with Crippen LogP contribution in [-0.2, 0) is 6.54 Å². The third kappa shape index (κ3) is 3.71. The summed E-state index contributed by atoms with van der Waals surface area (Å²) < 4.78 is 1.94. The molecule has 0 radical (unpaired) electrons. The first-order valence-electron chi connectivity index (χ1n) is 7.87. The lowest BCUT2D eigenvalue weighted by Gasteiger charge is -2.13. The van der Waals surface area contributed by atoms with Crippen LogP contribution in [0.25, 0.3) is 5.69 Å². The van der Waals surface area contributed by atoms with Crippen LogP contribution < -0.4 is 5.32 Å². The number of aromatic nitrogens is 2. The van der Waals surface area contributed by atoms with Gasteiger partial charge in [-0.2, -0.15) is 5.10 Å². The first kappa shape index (κ1) is 14.3. The lowest BCUT2D eigenvalue weighted by atomic mass is 10.1. The van der Waals surface area contributed by atoms with E-state index in [1.165, 1.54) is 31.6 Å². The number of hydrogen-bond acceptors (Lipinski definition) is 3. The van der Waals surface area contributed by atoms with Crippen LogP contribution in [0.1, 0.15) is 18.9 Å². The van der Waals surface area contributed by atoms with Gasteiger partial charge in [-0.1, -0.05) is 25.1 Å². The Kier molecular flexibility index (Phi) is 4.68. The lowest BCUT2D eigenvalue weighted by Crippen LogP contribution is -2.26. The molecule has 4 heteroatoms. The number of likely N-dealkylation sites (tertiary alicyclic amines) is 1. The Hall–Kier alpha value is -1.65. The standard InChI is InChI=1S/C17H24N4/c1-2-20-9-8-15(13-20)10-18-11-16-12-19-21(14-16)17-6-4-3-5-7-17/h3-7,12,14-15,18H,2,8-11,13H2,1H3. The van der Waals surface area contributed by atoms with Gasteiger partial charge in [0.25, 0.3) is 0 Å². The van der Waals surface area contributed by atoms with E-state index in [0.29, 0.717) is 0 Å². The van der Waals surface area contributed by atoms with Crippen molar-refractivity contribution in [2.45, 2.75) is 19.9 Å². The van der Waals surface area contributed by atoms with Crippen LogP contribution in [-0.4, -0.2) is 40.9 Å². The molecule has 1 saturated heterocycles. The topological polar surface area (TPSA) is 33.1 Å². The maximum atomic E-state index is 4.43. The number of hydrogen-bond donors (Lipinski definition) is 1. The average molecular weight is 284 g/mol. The number of rotatable bonds is 6. The zero-order chi connectivity index (χ0) is 14.5. The first-order chi connectivity index (χ1) is 10.3. The van der Waals surface area contributed by atoms with Crippen molar-refractivity contribution in [2.24, 2.45) is 5.92 Å². The molecule has 21 heavy (non-hydrogen) atoms. The molecular formula is C17H24N4. The van der Waals surface area contributed by atoms with E-state index in [4.69, 9.17) is 0 Å². The quantitative estimate of drug-likeness (QED) is 0.883. The molecule has 1 atom stereocenters. The molecule has 0 spiro atoms. The Morgan fingerprint density at radius 3 is 2.90 bits per heavy atom. The molecule has 2 heterocycles. The van der Waals surface area contributed by atoms with Crippen LogP contribution in [0, 0.1) is 5.92 Å². The monoisotopic (exact) mass is 284 g/mol. The number of benzene rings is 1. The van der Waals surface area contributed by atoms with Crippen molar-refractivity contribution in [3.05, 3.63) is 48.3 Å². The summed E-state index contributed by atoms with van der Waals surface area (Å²) in [4.78, 5) is 2.53. The summed E-state index contributed by atoms with van der Waals surface area (Å²) in [5.74, 6) is 0.800. The fraction of sp³-hybridized carbons (Fsp3) is 0.471. The molecule has 2 aromatic rings. The van der Waals surface area contributed by atoms with Gasteiger partial charge in [-0.15, -0.1) is 0 Å². The SMILES string of the molecule is CCN1CCC(CNCc2cnn(-c3ccccc3)c2)C1. The van der Waals surface area contributed by atoms with Gasteiger partial charge in [0.15, 0.2) is 0 Å². The zero-order valence-electron chi connectivity index (χ0n) is 12.7. The molecule has 0 amide bonds. The molecule has 0 bridgehead atoms. The van der Waals surface area contributed by atoms with Gasteiger partial charge in [0.05, 0.1) is 11.9 Å². The van der Waals surface area contributed by atoms with E-state index in [1.807, 2.05) is 29.1 Å². The average Bonchev–Trinajstić information content (AvgIpc) is 3.17. The summed E-state index contributed by atoms with van der Waals surface area (Å²) in [6, 6.07) is 10.2. The smallest absolute Gasteiger partial charge is 0.0645 e. The van der Waals surface area contributed by atoms with Crippen molar-refractivity contribution < 1.29 is 0 Å². The maximum Gasteiger partial charge on any atom is 0.0645 e. The van der Waals surface area contributed by atoms with Gasteiger partial charge in [-0.05, 0) is 44.1 Å². The summed E-state index contributed by atoms with van der Waals surface area (Å²) in [5, 5.41) is 8.00. The minimum absolute atomic E-state index is 0.800. The Bertz CT molecular complexity index is 549. The highest BCUT2D eigenvalue weighted by Crippen LogP contribution is 2.14. The van der Waals surface area contributed by atoms with Crippen molar-refractivity contribution in [1.29, 1.82) is 0 Å². The molecule has 1 aliphatic rings. The largest absolute Gasteiger partial charge is 0.312 e. The van der Waals surface area contributed by atoms with Crippen LogP contribution in [0.2, 0.25) is 0 Å². The molecular weight excluding hydrogens is 260 g/mol. The van der Waals surface area contributed by atoms with Gasteiger partial charge >= 0.3 is 0 Å². The minimum atomic E-state index is 0.800. The molecule has 1 aromatic heterocycles. The second kappa shape index (κ2) is 6.87. The molecule has 3 rings (SSSR count). The van der Waals surface area contributed by atoms with E-state index in [9.17, 15) is 0 Å². The molecule has 1 aromatic carbocycles. The number of para-hydroxylation sites is 1. The van der Waals surface area contributed by atoms with E-state index < -0.39 is 0 Å². The molecule has 1 fully saturated rings. The highest BCUT2D eigenvalue weighted by Gasteiger charge is 2.20. The van der Waals surface area contributed by atoms with Gasteiger partial charge in [0.1, 0.15) is 0 Å². The van der Waals surface area contributed by atoms with Gasteiger partial charge < -0.3 is 10.2 Å². The van der Waals surface area contributed by atoms with E-state index in [2.05, 4.69) is 40.6 Å². The number of nitrogens with one attached hydrogen (secondary N) is 1. The normalized spacial score (nSPS) is 19.2. The summed E-state index contributed by atoms with van der Waals surface area (Å²) in [5.41, 5.74) is 2.35. The second-order valence-electron chi connectivity index (χ2n) is 5.81. The first-order valence-corrected chi connectivity index (χ1v) is 7.87. The van der Waals surface area contributed by atoms with Gasteiger partial charge in [0.2, 0.25) is 0 Å². The summed E-state index contributed by atoms with van der Waals surface area (Å²) in [6.45, 7) is 7.93. The van der Waals surface area contributed by atoms with Gasteiger partial charge in [-0.25, -0.2) is 4.68 Å². The molecule has 1 N–H and O–H groups in total. The van der Waals surface area contributed by atoms with Crippen molar-refractivity contribution in [3.63, 3.8) is 0 Å². The molecule has 1 unspecified atom stereocenters. The maximum absolute atomic E-state index is 4.43. The van der Waals surface area contributed by atoms with Crippen LogP contribution in [0.15, 0.2) is 42.7 Å². The van der Waals surface area contributed by atoms with Crippen LogP contribution in [0.4, 0.5) is 0 Å². The Balaban J connectivity index is 1.47. The van der Waals surface area contributed by atoms with E-state index in [0.717, 1.165) is 24.7 Å². The third-order valence-electron chi connectivity index (χ3n) is 4.24. The number of nitrogens with zero attached hydrogens (tertiary/aromatic N) is 3. The molecule has 4 nitrogen and oxygen atoms in total. The Morgan fingerprint density at radius 2 is 2.14 bits per heavy atom. The summed E-state index contributed by atoms with van der Waals surface area (Å²) in [7, 11) is 0. The van der Waals surface area contributed by atoms with E-state index >= 15 is 0 Å². The molecule has 0 aliphatic carbocycles. The van der Waals surface area contributed by atoms with Gasteiger partial charge in [0, 0.05) is 24.8 Å². The van der Waals surface area contributed by atoms with Crippen molar-refractivity contribution in [3.8, 4) is 5.69 Å². The molecule has 112 valence electrons. The lowest BCUT2D eigenvalue weighted by molar-refractivity contribution is 0.339. The van der Waals surface area contributed by atoms with Crippen molar-refractivity contribution >= 4 is 0 Å². The second-order valence-corrected chi connectivity index (χ2v) is 5.81. The fourth-order valence-corrected chi connectivity index (χ4v) is 2.96. The Labute approximate surface area is 126 Å². The summed E-state index contributed by atoms with van der Waals surface area (Å²) >= 11 is 0.